The molecule has 2 unspecified atom stereocenters. The van der Waals surface area contributed by atoms with Crippen LogP contribution in [0.1, 0.15) is 12.5 Å². The number of hydrogen-bond acceptors (Lipinski definition) is 5. The van der Waals surface area contributed by atoms with Gasteiger partial charge in [0.2, 0.25) is 0 Å². The second kappa shape index (κ2) is 6.92. The highest BCUT2D eigenvalue weighted by molar-refractivity contribution is 5.40. The maximum Gasteiger partial charge on any atom is 0.123 e. The molecular weight excluding hydrogens is 258 g/mol. The minimum absolute atomic E-state index is 0.0517. The average Bonchev–Trinajstić information content (AvgIpc) is 2.46. The molecule has 0 spiro atoms. The third-order valence-corrected chi connectivity index (χ3v) is 3.49. The zero-order chi connectivity index (χ0) is 14.5. The van der Waals surface area contributed by atoms with E-state index in [1.165, 1.54) is 0 Å². The zero-order valence-corrected chi connectivity index (χ0v) is 12.3. The van der Waals surface area contributed by atoms with Crippen molar-refractivity contribution in [1.82, 2.24) is 4.90 Å². The number of aliphatic hydroxyl groups excluding tert-OH is 1. The molecule has 0 saturated carbocycles. The Morgan fingerprint density at radius 2 is 2.10 bits per heavy atom. The fraction of sp³-hybridized carbons (Fsp3) is 0.600. The highest BCUT2D eigenvalue weighted by atomic mass is 16.5. The van der Waals surface area contributed by atoms with Gasteiger partial charge in [0.05, 0.1) is 33.0 Å². The highest BCUT2D eigenvalue weighted by Crippen LogP contribution is 2.26. The van der Waals surface area contributed by atoms with Crippen molar-refractivity contribution in [3.8, 4) is 11.5 Å². The van der Waals surface area contributed by atoms with E-state index in [1.54, 1.807) is 14.2 Å². The van der Waals surface area contributed by atoms with Crippen molar-refractivity contribution in [2.24, 2.45) is 0 Å². The molecule has 5 heteroatoms. The first kappa shape index (κ1) is 15.1. The Bertz CT molecular complexity index is 438. The van der Waals surface area contributed by atoms with Gasteiger partial charge in [-0.25, -0.2) is 0 Å². The Kier molecular flexibility index (Phi) is 5.23. The molecule has 1 N–H and O–H groups in total. The van der Waals surface area contributed by atoms with E-state index in [0.29, 0.717) is 0 Å². The summed E-state index contributed by atoms with van der Waals surface area (Å²) >= 11 is 0. The lowest BCUT2D eigenvalue weighted by atomic mass is 10.1. The van der Waals surface area contributed by atoms with E-state index in [0.717, 1.165) is 36.7 Å². The summed E-state index contributed by atoms with van der Waals surface area (Å²) < 4.78 is 16.3. The molecule has 2 rings (SSSR count). The van der Waals surface area contributed by atoms with Crippen LogP contribution in [0.25, 0.3) is 0 Å². The lowest BCUT2D eigenvalue weighted by Crippen LogP contribution is -2.47. The smallest absolute Gasteiger partial charge is 0.123 e. The van der Waals surface area contributed by atoms with Gasteiger partial charge in [0.15, 0.2) is 0 Å². The summed E-state index contributed by atoms with van der Waals surface area (Å²) in [4.78, 5) is 2.27. The number of morpholine rings is 1. The first-order chi connectivity index (χ1) is 9.66. The monoisotopic (exact) mass is 281 g/mol. The number of methoxy groups -OCH3 is 2. The van der Waals surface area contributed by atoms with Crippen LogP contribution < -0.4 is 9.47 Å². The summed E-state index contributed by atoms with van der Waals surface area (Å²) in [7, 11) is 3.33. The van der Waals surface area contributed by atoms with E-state index in [1.807, 2.05) is 25.1 Å². The third-order valence-electron chi connectivity index (χ3n) is 3.49. The molecule has 1 aromatic carbocycles. The van der Waals surface area contributed by atoms with E-state index in [2.05, 4.69) is 4.90 Å². The van der Waals surface area contributed by atoms with Gasteiger partial charge in [-0.05, 0) is 25.1 Å². The second-order valence-corrected chi connectivity index (χ2v) is 5.12. The van der Waals surface area contributed by atoms with Gasteiger partial charge in [0.1, 0.15) is 11.5 Å². The minimum Gasteiger partial charge on any atom is -0.497 e. The molecule has 1 aliphatic heterocycles. The van der Waals surface area contributed by atoms with E-state index >= 15 is 0 Å². The van der Waals surface area contributed by atoms with E-state index in [4.69, 9.17) is 14.2 Å². The van der Waals surface area contributed by atoms with Crippen LogP contribution in [0.2, 0.25) is 0 Å². The van der Waals surface area contributed by atoms with Gasteiger partial charge in [-0.1, -0.05) is 0 Å². The summed E-state index contributed by atoms with van der Waals surface area (Å²) in [6.45, 7) is 4.40. The molecule has 0 radical (unpaired) electrons. The third kappa shape index (κ3) is 3.62. The Morgan fingerprint density at radius 3 is 2.75 bits per heavy atom. The van der Waals surface area contributed by atoms with Crippen LogP contribution in [0, 0.1) is 0 Å². The Labute approximate surface area is 120 Å². The standard InChI is InChI=1S/C15H23NO4/c1-11-7-16(9-14(10-17)20-11)8-12-6-13(18-2)4-5-15(12)19-3/h4-6,11,14,17H,7-10H2,1-3H3. The van der Waals surface area contributed by atoms with Crippen molar-refractivity contribution in [3.63, 3.8) is 0 Å². The molecule has 5 nitrogen and oxygen atoms in total. The second-order valence-electron chi connectivity index (χ2n) is 5.12. The predicted molar refractivity (Wildman–Crippen MR) is 76.2 cm³/mol. The molecule has 2 atom stereocenters. The molecule has 1 aromatic rings. The Morgan fingerprint density at radius 1 is 1.30 bits per heavy atom. The molecule has 1 fully saturated rings. The topological polar surface area (TPSA) is 51.2 Å². The van der Waals surface area contributed by atoms with Crippen molar-refractivity contribution in [1.29, 1.82) is 0 Å². The summed E-state index contributed by atoms with van der Waals surface area (Å²) in [5.74, 6) is 1.67. The lowest BCUT2D eigenvalue weighted by molar-refractivity contribution is -0.0973. The minimum atomic E-state index is -0.115. The number of nitrogens with zero attached hydrogens (tertiary/aromatic N) is 1. The van der Waals surface area contributed by atoms with E-state index in [9.17, 15) is 5.11 Å². The van der Waals surface area contributed by atoms with Crippen LogP contribution in [0.5, 0.6) is 11.5 Å². The van der Waals surface area contributed by atoms with Crippen molar-refractivity contribution in [2.45, 2.75) is 25.7 Å². The average molecular weight is 281 g/mol. The SMILES string of the molecule is COc1ccc(OC)c(CN2CC(C)OC(CO)C2)c1. The van der Waals surface area contributed by atoms with Crippen molar-refractivity contribution >= 4 is 0 Å². The fourth-order valence-corrected chi connectivity index (χ4v) is 2.62. The first-order valence-electron chi connectivity index (χ1n) is 6.85. The fourth-order valence-electron chi connectivity index (χ4n) is 2.62. The molecule has 0 aromatic heterocycles. The summed E-state index contributed by atoms with van der Waals surface area (Å²) in [5, 5.41) is 9.28. The van der Waals surface area contributed by atoms with Gasteiger partial charge in [0.25, 0.3) is 0 Å². The van der Waals surface area contributed by atoms with Crippen LogP contribution in [0.3, 0.4) is 0 Å². The molecule has 1 aliphatic rings. The van der Waals surface area contributed by atoms with Gasteiger partial charge in [-0.2, -0.15) is 0 Å². The number of hydrogen-bond donors (Lipinski definition) is 1. The molecule has 0 bridgehead atoms. The number of benzene rings is 1. The lowest BCUT2D eigenvalue weighted by Gasteiger charge is -2.36. The van der Waals surface area contributed by atoms with Crippen molar-refractivity contribution in [2.75, 3.05) is 33.9 Å². The van der Waals surface area contributed by atoms with Crippen molar-refractivity contribution < 1.29 is 19.3 Å². The van der Waals surface area contributed by atoms with Crippen LogP contribution in [-0.2, 0) is 11.3 Å². The first-order valence-corrected chi connectivity index (χ1v) is 6.85. The van der Waals surface area contributed by atoms with Crippen LogP contribution in [0.4, 0.5) is 0 Å². The summed E-state index contributed by atoms with van der Waals surface area (Å²) in [6, 6.07) is 5.80. The predicted octanol–water partition coefficient (Wildman–Crippen LogP) is 1.29. The normalized spacial score (nSPS) is 23.6. The summed E-state index contributed by atoms with van der Waals surface area (Å²) in [6.07, 6.45) is 0.00727. The van der Waals surface area contributed by atoms with Crippen molar-refractivity contribution in [3.05, 3.63) is 23.8 Å². The molecule has 1 heterocycles. The molecule has 0 amide bonds. The molecular formula is C15H23NO4. The number of aliphatic hydroxyl groups is 1. The van der Waals surface area contributed by atoms with Crippen LogP contribution >= 0.6 is 0 Å². The quantitative estimate of drug-likeness (QED) is 0.881. The number of rotatable bonds is 5. The molecule has 1 saturated heterocycles. The molecule has 0 aliphatic carbocycles. The van der Waals surface area contributed by atoms with Crippen LogP contribution in [-0.4, -0.2) is 56.1 Å². The highest BCUT2D eigenvalue weighted by Gasteiger charge is 2.25. The largest absolute Gasteiger partial charge is 0.497 e. The van der Waals surface area contributed by atoms with Crippen LogP contribution in [0.15, 0.2) is 18.2 Å². The molecule has 112 valence electrons. The van der Waals surface area contributed by atoms with E-state index < -0.39 is 0 Å². The number of ether oxygens (including phenoxy) is 3. The Balaban J connectivity index is 2.11. The van der Waals surface area contributed by atoms with Gasteiger partial charge in [-0.15, -0.1) is 0 Å². The van der Waals surface area contributed by atoms with Gasteiger partial charge >= 0.3 is 0 Å². The summed E-state index contributed by atoms with van der Waals surface area (Å²) in [5.41, 5.74) is 1.08. The van der Waals surface area contributed by atoms with Gasteiger partial charge in [0, 0.05) is 25.2 Å². The van der Waals surface area contributed by atoms with Gasteiger partial charge in [-0.3, -0.25) is 4.90 Å². The van der Waals surface area contributed by atoms with Gasteiger partial charge < -0.3 is 19.3 Å². The maximum atomic E-state index is 9.28. The maximum absolute atomic E-state index is 9.28. The zero-order valence-electron chi connectivity index (χ0n) is 12.3. The Hall–Kier alpha value is -1.30. The molecule has 20 heavy (non-hydrogen) atoms. The van der Waals surface area contributed by atoms with E-state index in [-0.39, 0.29) is 18.8 Å².